The van der Waals surface area contributed by atoms with Crippen molar-refractivity contribution in [3.63, 3.8) is 0 Å². The molecule has 3 unspecified atom stereocenters. The second-order valence-corrected chi connectivity index (χ2v) is 6.06. The van der Waals surface area contributed by atoms with Gasteiger partial charge in [-0.1, -0.05) is 13.3 Å². The van der Waals surface area contributed by atoms with Gasteiger partial charge in [-0.05, 0) is 38.0 Å². The van der Waals surface area contributed by atoms with Crippen LogP contribution in [0.5, 0.6) is 0 Å². The molecule has 0 aromatic rings. The number of rotatable bonds is 3. The number of methoxy groups -OCH3 is 1. The van der Waals surface area contributed by atoms with Gasteiger partial charge in [0.1, 0.15) is 0 Å². The first-order valence-corrected chi connectivity index (χ1v) is 7.18. The van der Waals surface area contributed by atoms with Crippen LogP contribution < -0.4 is 5.32 Å². The Balaban J connectivity index is 1.88. The Morgan fingerprint density at radius 1 is 1.39 bits per heavy atom. The molecule has 0 bridgehead atoms. The van der Waals surface area contributed by atoms with E-state index in [2.05, 4.69) is 24.1 Å². The van der Waals surface area contributed by atoms with Gasteiger partial charge < -0.3 is 10.1 Å². The van der Waals surface area contributed by atoms with Crippen LogP contribution in [0, 0.1) is 11.8 Å². The van der Waals surface area contributed by atoms with E-state index in [4.69, 9.17) is 4.74 Å². The number of ether oxygens (including phenoxy) is 1. The fraction of sp³-hybridized carbons (Fsp3) is 0.929. The molecule has 3 atom stereocenters. The number of carbonyl (C=O) groups is 1. The number of alkyl carbamates (subject to hydrolysis) is 1. The molecule has 1 aliphatic heterocycles. The Kier molecular flexibility index (Phi) is 4.49. The summed E-state index contributed by atoms with van der Waals surface area (Å²) in [6, 6.07) is 0.896. The number of piperidine rings is 1. The Morgan fingerprint density at radius 3 is 2.67 bits per heavy atom. The van der Waals surface area contributed by atoms with Gasteiger partial charge in [0.25, 0.3) is 0 Å². The average molecular weight is 254 g/mol. The van der Waals surface area contributed by atoms with Crippen molar-refractivity contribution in [2.75, 3.05) is 20.2 Å². The molecule has 1 heterocycles. The molecule has 2 aliphatic rings. The van der Waals surface area contributed by atoms with Crippen LogP contribution in [-0.4, -0.2) is 43.3 Å². The minimum atomic E-state index is -0.301. The van der Waals surface area contributed by atoms with Gasteiger partial charge in [-0.2, -0.15) is 0 Å². The predicted molar refractivity (Wildman–Crippen MR) is 71.5 cm³/mol. The summed E-state index contributed by atoms with van der Waals surface area (Å²) in [6.45, 7) is 6.75. The maximum absolute atomic E-state index is 11.3. The zero-order valence-electron chi connectivity index (χ0n) is 11.8. The van der Waals surface area contributed by atoms with Crippen LogP contribution in [0.4, 0.5) is 4.79 Å². The Labute approximate surface area is 110 Å². The van der Waals surface area contributed by atoms with Crippen molar-refractivity contribution >= 4 is 6.09 Å². The Morgan fingerprint density at radius 2 is 2.11 bits per heavy atom. The standard InChI is InChI=1S/C14H26N2O2/c1-10-7-13(15-14(17)18-3)9-16(8-10)11(2)12-5-4-6-12/h10-13H,4-9H2,1-3H3,(H,15,17). The van der Waals surface area contributed by atoms with Crippen molar-refractivity contribution in [3.05, 3.63) is 0 Å². The smallest absolute Gasteiger partial charge is 0.407 e. The summed E-state index contributed by atoms with van der Waals surface area (Å²) in [5.74, 6) is 1.51. The third-order valence-corrected chi connectivity index (χ3v) is 4.60. The summed E-state index contributed by atoms with van der Waals surface area (Å²) in [5, 5.41) is 2.96. The lowest BCUT2D eigenvalue weighted by Crippen LogP contribution is -2.54. The largest absolute Gasteiger partial charge is 0.453 e. The highest BCUT2D eigenvalue weighted by molar-refractivity contribution is 5.67. The molecule has 1 amide bonds. The summed E-state index contributed by atoms with van der Waals surface area (Å²) in [4.78, 5) is 13.9. The van der Waals surface area contributed by atoms with E-state index in [1.165, 1.54) is 26.4 Å². The molecule has 0 spiro atoms. The molecule has 104 valence electrons. The highest BCUT2D eigenvalue weighted by Gasteiger charge is 2.33. The summed E-state index contributed by atoms with van der Waals surface area (Å²) in [6.07, 6.45) is 4.90. The molecule has 1 N–H and O–H groups in total. The molecule has 0 radical (unpaired) electrons. The molecular weight excluding hydrogens is 228 g/mol. The molecule has 0 aromatic carbocycles. The van der Waals surface area contributed by atoms with E-state index >= 15 is 0 Å². The third-order valence-electron chi connectivity index (χ3n) is 4.60. The topological polar surface area (TPSA) is 41.6 Å². The number of hydrogen-bond donors (Lipinski definition) is 1. The molecule has 1 aliphatic carbocycles. The molecule has 1 saturated heterocycles. The first-order valence-electron chi connectivity index (χ1n) is 7.18. The monoisotopic (exact) mass is 254 g/mol. The first-order chi connectivity index (χ1) is 8.60. The lowest BCUT2D eigenvalue weighted by Gasteiger charge is -2.44. The van der Waals surface area contributed by atoms with Gasteiger partial charge in [0, 0.05) is 25.2 Å². The second-order valence-electron chi connectivity index (χ2n) is 6.06. The number of amides is 1. The van der Waals surface area contributed by atoms with Crippen LogP contribution in [0.15, 0.2) is 0 Å². The van der Waals surface area contributed by atoms with Gasteiger partial charge in [-0.15, -0.1) is 0 Å². The van der Waals surface area contributed by atoms with Crippen molar-refractivity contribution < 1.29 is 9.53 Å². The maximum atomic E-state index is 11.3. The number of carbonyl (C=O) groups excluding carboxylic acids is 1. The number of likely N-dealkylation sites (tertiary alicyclic amines) is 1. The van der Waals surface area contributed by atoms with Gasteiger partial charge in [0.05, 0.1) is 7.11 Å². The summed E-state index contributed by atoms with van der Waals surface area (Å²) < 4.78 is 4.70. The summed E-state index contributed by atoms with van der Waals surface area (Å²) >= 11 is 0. The van der Waals surface area contributed by atoms with E-state index in [-0.39, 0.29) is 12.1 Å². The summed E-state index contributed by atoms with van der Waals surface area (Å²) in [5.41, 5.74) is 0. The Bertz CT molecular complexity index is 292. The van der Waals surface area contributed by atoms with Crippen molar-refractivity contribution in [1.29, 1.82) is 0 Å². The van der Waals surface area contributed by atoms with Gasteiger partial charge in [0.15, 0.2) is 0 Å². The maximum Gasteiger partial charge on any atom is 0.407 e. The van der Waals surface area contributed by atoms with Crippen LogP contribution in [0.2, 0.25) is 0 Å². The molecule has 4 heteroatoms. The van der Waals surface area contributed by atoms with E-state index in [9.17, 15) is 4.79 Å². The van der Waals surface area contributed by atoms with Crippen molar-refractivity contribution in [2.45, 2.75) is 51.6 Å². The highest BCUT2D eigenvalue weighted by Crippen LogP contribution is 2.33. The first kappa shape index (κ1) is 13.7. The zero-order valence-corrected chi connectivity index (χ0v) is 11.8. The second kappa shape index (κ2) is 5.91. The van der Waals surface area contributed by atoms with E-state index in [1.807, 2.05) is 0 Å². The molecular formula is C14H26N2O2. The van der Waals surface area contributed by atoms with Crippen LogP contribution in [-0.2, 0) is 4.74 Å². The summed E-state index contributed by atoms with van der Waals surface area (Å²) in [7, 11) is 1.43. The fourth-order valence-electron chi connectivity index (χ4n) is 3.28. The molecule has 1 saturated carbocycles. The highest BCUT2D eigenvalue weighted by atomic mass is 16.5. The van der Waals surface area contributed by atoms with Crippen LogP contribution in [0.3, 0.4) is 0 Å². The van der Waals surface area contributed by atoms with Crippen molar-refractivity contribution in [2.24, 2.45) is 11.8 Å². The molecule has 18 heavy (non-hydrogen) atoms. The number of hydrogen-bond acceptors (Lipinski definition) is 3. The molecule has 2 rings (SSSR count). The number of nitrogens with zero attached hydrogens (tertiary/aromatic N) is 1. The SMILES string of the molecule is COC(=O)NC1CC(C)CN(C(C)C2CCC2)C1. The van der Waals surface area contributed by atoms with Gasteiger partial charge in [0.2, 0.25) is 0 Å². The van der Waals surface area contributed by atoms with Crippen LogP contribution >= 0.6 is 0 Å². The van der Waals surface area contributed by atoms with E-state index in [0.29, 0.717) is 12.0 Å². The lowest BCUT2D eigenvalue weighted by atomic mass is 9.79. The third kappa shape index (κ3) is 3.16. The van der Waals surface area contributed by atoms with Gasteiger partial charge in [-0.3, -0.25) is 4.90 Å². The molecule has 0 aromatic heterocycles. The number of nitrogens with one attached hydrogen (secondary N) is 1. The van der Waals surface area contributed by atoms with Crippen LogP contribution in [0.25, 0.3) is 0 Å². The fourth-order valence-corrected chi connectivity index (χ4v) is 3.28. The van der Waals surface area contributed by atoms with E-state index in [0.717, 1.165) is 25.4 Å². The predicted octanol–water partition coefficient (Wildman–Crippen LogP) is 2.24. The van der Waals surface area contributed by atoms with Gasteiger partial charge in [-0.25, -0.2) is 4.79 Å². The van der Waals surface area contributed by atoms with Crippen molar-refractivity contribution in [3.8, 4) is 0 Å². The van der Waals surface area contributed by atoms with E-state index in [1.54, 1.807) is 0 Å². The normalized spacial score (nSPS) is 31.5. The minimum Gasteiger partial charge on any atom is -0.453 e. The lowest BCUT2D eigenvalue weighted by molar-refractivity contribution is 0.0547. The Hall–Kier alpha value is -0.770. The molecule has 2 fully saturated rings. The average Bonchev–Trinajstić information content (AvgIpc) is 2.25. The van der Waals surface area contributed by atoms with Crippen molar-refractivity contribution in [1.82, 2.24) is 10.2 Å². The zero-order chi connectivity index (χ0) is 13.1. The van der Waals surface area contributed by atoms with Gasteiger partial charge >= 0.3 is 6.09 Å². The minimum absolute atomic E-state index is 0.240. The quantitative estimate of drug-likeness (QED) is 0.840. The molecule has 4 nitrogen and oxygen atoms in total. The van der Waals surface area contributed by atoms with E-state index < -0.39 is 0 Å². The van der Waals surface area contributed by atoms with Crippen LogP contribution in [0.1, 0.15) is 39.5 Å².